The van der Waals surface area contributed by atoms with E-state index >= 15 is 0 Å². The van der Waals surface area contributed by atoms with Gasteiger partial charge < -0.3 is 15.3 Å². The van der Waals surface area contributed by atoms with E-state index in [-0.39, 0.29) is 18.6 Å². The highest BCUT2D eigenvalue weighted by atomic mass is 35.5. The van der Waals surface area contributed by atoms with Crippen LogP contribution in [0.1, 0.15) is 44.6 Å². The van der Waals surface area contributed by atoms with Crippen LogP contribution in [0.15, 0.2) is 18.2 Å². The van der Waals surface area contributed by atoms with Crippen LogP contribution in [0.3, 0.4) is 0 Å². The van der Waals surface area contributed by atoms with E-state index in [1.807, 2.05) is 17.9 Å². The Balaban J connectivity index is 1.91. The minimum Gasteiger partial charge on any atom is -0.392 e. The van der Waals surface area contributed by atoms with Gasteiger partial charge in [-0.3, -0.25) is 4.79 Å². The fourth-order valence-electron chi connectivity index (χ4n) is 2.81. The van der Waals surface area contributed by atoms with Crippen molar-refractivity contribution in [3.05, 3.63) is 28.8 Å². The first-order valence-corrected chi connectivity index (χ1v) is 8.41. The first-order valence-electron chi connectivity index (χ1n) is 8.03. The number of aliphatic hydroxyl groups is 1. The van der Waals surface area contributed by atoms with Crippen LogP contribution in [0, 0.1) is 0 Å². The Morgan fingerprint density at radius 2 is 2.00 bits per heavy atom. The van der Waals surface area contributed by atoms with Gasteiger partial charge in [0.1, 0.15) is 0 Å². The third-order valence-corrected chi connectivity index (χ3v) is 4.38. The monoisotopic (exact) mass is 324 g/mol. The van der Waals surface area contributed by atoms with Crippen molar-refractivity contribution in [1.29, 1.82) is 0 Å². The summed E-state index contributed by atoms with van der Waals surface area (Å²) in [5.74, 6) is 0.205. The number of nitrogens with zero attached hydrogens (tertiary/aromatic N) is 1. The summed E-state index contributed by atoms with van der Waals surface area (Å²) in [4.78, 5) is 14.4. The van der Waals surface area contributed by atoms with Crippen molar-refractivity contribution in [3.63, 3.8) is 0 Å². The molecule has 1 aromatic carbocycles. The van der Waals surface area contributed by atoms with Crippen molar-refractivity contribution < 1.29 is 9.90 Å². The zero-order valence-electron chi connectivity index (χ0n) is 13.1. The summed E-state index contributed by atoms with van der Waals surface area (Å²) >= 11 is 6.16. The Kier molecular flexibility index (Phi) is 6.52. The summed E-state index contributed by atoms with van der Waals surface area (Å²) in [6.45, 7) is 3.73. The van der Waals surface area contributed by atoms with E-state index in [0.717, 1.165) is 37.2 Å². The van der Waals surface area contributed by atoms with Crippen LogP contribution < -0.4 is 5.32 Å². The molecule has 1 unspecified atom stereocenters. The van der Waals surface area contributed by atoms with Gasteiger partial charge in [-0.05, 0) is 37.5 Å². The van der Waals surface area contributed by atoms with E-state index in [2.05, 4.69) is 5.32 Å². The molecular weight excluding hydrogens is 300 g/mol. The van der Waals surface area contributed by atoms with Crippen molar-refractivity contribution in [2.75, 3.05) is 18.4 Å². The smallest absolute Gasteiger partial charge is 0.224 e. The van der Waals surface area contributed by atoms with Crippen LogP contribution in [0.2, 0.25) is 5.02 Å². The first kappa shape index (κ1) is 17.1. The molecular formula is C17H25ClN2O2. The minimum absolute atomic E-state index is 0.00203. The van der Waals surface area contributed by atoms with Crippen LogP contribution >= 0.6 is 11.6 Å². The van der Waals surface area contributed by atoms with Gasteiger partial charge in [0.05, 0.1) is 17.3 Å². The van der Waals surface area contributed by atoms with Crippen molar-refractivity contribution in [1.82, 2.24) is 4.90 Å². The highest BCUT2D eigenvalue weighted by molar-refractivity contribution is 6.33. The maximum absolute atomic E-state index is 12.4. The van der Waals surface area contributed by atoms with Gasteiger partial charge in [-0.25, -0.2) is 0 Å². The van der Waals surface area contributed by atoms with Gasteiger partial charge in [-0.2, -0.15) is 0 Å². The number of nitrogens with one attached hydrogen (secondary N) is 1. The van der Waals surface area contributed by atoms with Crippen molar-refractivity contribution in [2.45, 2.75) is 51.7 Å². The summed E-state index contributed by atoms with van der Waals surface area (Å²) in [5.41, 5.74) is 1.57. The van der Waals surface area contributed by atoms with Gasteiger partial charge in [0.2, 0.25) is 5.91 Å². The molecule has 0 bridgehead atoms. The number of carbonyl (C=O) groups is 1. The van der Waals surface area contributed by atoms with E-state index in [1.54, 1.807) is 12.1 Å². The maximum atomic E-state index is 12.4. The highest BCUT2D eigenvalue weighted by Crippen LogP contribution is 2.24. The number of benzene rings is 1. The summed E-state index contributed by atoms with van der Waals surface area (Å²) in [7, 11) is 0. The van der Waals surface area contributed by atoms with E-state index < -0.39 is 0 Å². The predicted molar refractivity (Wildman–Crippen MR) is 90.1 cm³/mol. The second-order valence-electron chi connectivity index (χ2n) is 6.02. The van der Waals surface area contributed by atoms with E-state index in [1.165, 1.54) is 12.8 Å². The maximum Gasteiger partial charge on any atom is 0.224 e. The molecule has 1 atom stereocenters. The van der Waals surface area contributed by atoms with Crippen molar-refractivity contribution in [2.24, 2.45) is 0 Å². The fraction of sp³-hybridized carbons (Fsp3) is 0.588. The molecule has 22 heavy (non-hydrogen) atoms. The number of halogens is 1. The van der Waals surface area contributed by atoms with Crippen molar-refractivity contribution in [3.8, 4) is 0 Å². The zero-order valence-corrected chi connectivity index (χ0v) is 13.9. The molecule has 0 aromatic heterocycles. The van der Waals surface area contributed by atoms with Crippen molar-refractivity contribution >= 4 is 23.2 Å². The number of aliphatic hydroxyl groups excluding tert-OH is 1. The molecule has 1 aliphatic heterocycles. The molecule has 1 amide bonds. The lowest BCUT2D eigenvalue weighted by Crippen LogP contribution is -2.35. The summed E-state index contributed by atoms with van der Waals surface area (Å²) in [6, 6.07) is 5.39. The Morgan fingerprint density at radius 1 is 1.32 bits per heavy atom. The van der Waals surface area contributed by atoms with E-state index in [0.29, 0.717) is 11.4 Å². The molecule has 1 heterocycles. The molecule has 2 N–H and O–H groups in total. The minimum atomic E-state index is -0.0209. The second-order valence-corrected chi connectivity index (χ2v) is 6.42. The largest absolute Gasteiger partial charge is 0.392 e. The Labute approximate surface area is 137 Å². The Hall–Kier alpha value is -1.26. The zero-order chi connectivity index (χ0) is 15.9. The van der Waals surface area contributed by atoms with Gasteiger partial charge in [-0.1, -0.05) is 30.5 Å². The van der Waals surface area contributed by atoms with Crippen LogP contribution in [-0.4, -0.2) is 35.0 Å². The molecule has 1 fully saturated rings. The number of anilines is 1. The van der Waals surface area contributed by atoms with Gasteiger partial charge in [-0.15, -0.1) is 0 Å². The molecule has 1 aliphatic rings. The average Bonchev–Trinajstić information content (AvgIpc) is 2.78. The SMILES string of the molecule is CC(CC(=O)N1CCCCCC1)Nc1cc(CO)ccc1Cl. The number of amides is 1. The van der Waals surface area contributed by atoms with Gasteiger partial charge >= 0.3 is 0 Å². The number of hydrogen-bond donors (Lipinski definition) is 2. The lowest BCUT2D eigenvalue weighted by molar-refractivity contribution is -0.131. The van der Waals surface area contributed by atoms with Crippen LogP contribution in [0.5, 0.6) is 0 Å². The lowest BCUT2D eigenvalue weighted by atomic mass is 10.1. The van der Waals surface area contributed by atoms with Crippen LogP contribution in [0.25, 0.3) is 0 Å². The fourth-order valence-corrected chi connectivity index (χ4v) is 2.98. The van der Waals surface area contributed by atoms with Gasteiger partial charge in [0, 0.05) is 25.6 Å². The molecule has 5 heteroatoms. The molecule has 2 rings (SSSR count). The molecule has 1 saturated heterocycles. The predicted octanol–water partition coefficient (Wildman–Crippen LogP) is 3.43. The Bertz CT molecular complexity index is 499. The highest BCUT2D eigenvalue weighted by Gasteiger charge is 2.18. The van der Waals surface area contributed by atoms with Crippen LogP contribution in [0.4, 0.5) is 5.69 Å². The number of hydrogen-bond acceptors (Lipinski definition) is 3. The topological polar surface area (TPSA) is 52.6 Å². The Morgan fingerprint density at radius 3 is 2.64 bits per heavy atom. The molecule has 4 nitrogen and oxygen atoms in total. The van der Waals surface area contributed by atoms with Crippen LogP contribution in [-0.2, 0) is 11.4 Å². The lowest BCUT2D eigenvalue weighted by Gasteiger charge is -2.23. The second kappa shape index (κ2) is 8.39. The number of carbonyl (C=O) groups excluding carboxylic acids is 1. The molecule has 0 radical (unpaired) electrons. The molecule has 0 aliphatic carbocycles. The van der Waals surface area contributed by atoms with E-state index in [4.69, 9.17) is 11.6 Å². The summed E-state index contributed by atoms with van der Waals surface area (Å²) in [5, 5.41) is 13.1. The first-order chi connectivity index (χ1) is 10.6. The molecule has 1 aromatic rings. The quantitative estimate of drug-likeness (QED) is 0.872. The van der Waals surface area contributed by atoms with Gasteiger partial charge in [0.15, 0.2) is 0 Å². The normalized spacial score (nSPS) is 17.0. The third kappa shape index (κ3) is 4.89. The molecule has 0 spiro atoms. The molecule has 0 saturated carbocycles. The number of likely N-dealkylation sites (tertiary alicyclic amines) is 1. The van der Waals surface area contributed by atoms with Gasteiger partial charge in [0.25, 0.3) is 0 Å². The number of rotatable bonds is 5. The standard InChI is InChI=1S/C17H25ClN2O2/c1-13(10-17(22)20-8-4-2-3-5-9-20)19-16-11-14(12-21)6-7-15(16)18/h6-7,11,13,19,21H,2-5,8-10,12H2,1H3. The summed E-state index contributed by atoms with van der Waals surface area (Å²) in [6.07, 6.45) is 5.12. The molecule has 122 valence electrons. The van der Waals surface area contributed by atoms with E-state index in [9.17, 15) is 9.90 Å². The third-order valence-electron chi connectivity index (χ3n) is 4.05. The average molecular weight is 325 g/mol. The summed E-state index contributed by atoms with van der Waals surface area (Å²) < 4.78 is 0.